The lowest BCUT2D eigenvalue weighted by molar-refractivity contribution is -0.158. The van der Waals surface area contributed by atoms with Crippen molar-refractivity contribution >= 4 is 17.9 Å². The van der Waals surface area contributed by atoms with Gasteiger partial charge in [-0.1, -0.05) is 30.3 Å². The highest BCUT2D eigenvalue weighted by Crippen LogP contribution is 2.12. The number of ether oxygens (including phenoxy) is 1. The average molecular weight is 281 g/mol. The first-order chi connectivity index (χ1) is 9.41. The number of aliphatic carboxylic acids is 2. The van der Waals surface area contributed by atoms with Gasteiger partial charge in [-0.05, 0) is 5.56 Å². The Morgan fingerprint density at radius 2 is 1.75 bits per heavy atom. The molecule has 0 aliphatic rings. The van der Waals surface area contributed by atoms with Crippen LogP contribution in [-0.2, 0) is 25.7 Å². The SMILES string of the molecule is NC(C(=O)O)C(CC(=O)O)C(=O)OCc1ccccc1. The Labute approximate surface area is 115 Å². The van der Waals surface area contributed by atoms with Crippen molar-refractivity contribution in [2.45, 2.75) is 19.1 Å². The van der Waals surface area contributed by atoms with Crippen LogP contribution in [0.15, 0.2) is 30.3 Å². The van der Waals surface area contributed by atoms with Crippen LogP contribution in [0.1, 0.15) is 12.0 Å². The van der Waals surface area contributed by atoms with E-state index in [0.29, 0.717) is 5.56 Å². The van der Waals surface area contributed by atoms with Crippen molar-refractivity contribution in [1.29, 1.82) is 0 Å². The summed E-state index contributed by atoms with van der Waals surface area (Å²) in [5, 5.41) is 17.5. The average Bonchev–Trinajstić information content (AvgIpc) is 2.42. The maximum absolute atomic E-state index is 11.8. The Hall–Kier alpha value is -2.41. The van der Waals surface area contributed by atoms with Gasteiger partial charge in [0.15, 0.2) is 0 Å². The Kier molecular flexibility index (Phi) is 5.67. The molecule has 0 bridgehead atoms. The minimum atomic E-state index is -1.62. The number of benzene rings is 1. The zero-order valence-electron chi connectivity index (χ0n) is 10.6. The van der Waals surface area contributed by atoms with Crippen LogP contribution >= 0.6 is 0 Å². The van der Waals surface area contributed by atoms with Crippen molar-refractivity contribution in [2.24, 2.45) is 11.7 Å². The fourth-order valence-corrected chi connectivity index (χ4v) is 1.55. The van der Waals surface area contributed by atoms with Crippen molar-refractivity contribution in [3.63, 3.8) is 0 Å². The van der Waals surface area contributed by atoms with Crippen LogP contribution in [0.3, 0.4) is 0 Å². The maximum atomic E-state index is 11.8. The third-order valence-corrected chi connectivity index (χ3v) is 2.64. The number of hydrogen-bond donors (Lipinski definition) is 3. The predicted molar refractivity (Wildman–Crippen MR) is 67.6 cm³/mol. The molecule has 2 atom stereocenters. The summed E-state index contributed by atoms with van der Waals surface area (Å²) < 4.78 is 4.92. The van der Waals surface area contributed by atoms with Crippen molar-refractivity contribution < 1.29 is 29.3 Å². The molecule has 20 heavy (non-hydrogen) atoms. The van der Waals surface area contributed by atoms with Crippen LogP contribution in [0.2, 0.25) is 0 Å². The molecule has 0 saturated heterocycles. The topological polar surface area (TPSA) is 127 Å². The van der Waals surface area contributed by atoms with Crippen LogP contribution in [0.4, 0.5) is 0 Å². The highest BCUT2D eigenvalue weighted by molar-refractivity contribution is 5.86. The van der Waals surface area contributed by atoms with Crippen molar-refractivity contribution in [1.82, 2.24) is 0 Å². The van der Waals surface area contributed by atoms with Crippen LogP contribution < -0.4 is 5.73 Å². The number of rotatable bonds is 7. The molecule has 2 unspecified atom stereocenters. The smallest absolute Gasteiger partial charge is 0.321 e. The van der Waals surface area contributed by atoms with E-state index in [1.165, 1.54) is 0 Å². The molecule has 7 nitrogen and oxygen atoms in total. The number of hydrogen-bond acceptors (Lipinski definition) is 5. The second-order valence-corrected chi connectivity index (χ2v) is 4.16. The molecule has 0 aliphatic heterocycles. The van der Waals surface area contributed by atoms with Gasteiger partial charge in [-0.2, -0.15) is 0 Å². The standard InChI is InChI=1S/C13H15NO6/c14-11(12(17)18)9(6-10(15)16)13(19)20-7-8-4-2-1-3-5-8/h1-5,9,11H,6-7,14H2,(H,15,16)(H,17,18). The van der Waals surface area contributed by atoms with Crippen LogP contribution in [0, 0.1) is 5.92 Å². The molecule has 1 aromatic rings. The molecule has 0 heterocycles. The van der Waals surface area contributed by atoms with E-state index < -0.39 is 36.3 Å². The Bertz CT molecular complexity index is 487. The molecule has 0 aliphatic carbocycles. The van der Waals surface area contributed by atoms with E-state index >= 15 is 0 Å². The van der Waals surface area contributed by atoms with Crippen molar-refractivity contribution in [3.05, 3.63) is 35.9 Å². The number of nitrogens with two attached hydrogens (primary N) is 1. The van der Waals surface area contributed by atoms with Gasteiger partial charge < -0.3 is 20.7 Å². The van der Waals surface area contributed by atoms with Crippen LogP contribution in [0.5, 0.6) is 0 Å². The molecule has 0 amide bonds. The largest absolute Gasteiger partial charge is 0.481 e. The lowest BCUT2D eigenvalue weighted by atomic mass is 9.97. The molecule has 0 radical (unpaired) electrons. The lowest BCUT2D eigenvalue weighted by Crippen LogP contribution is -2.43. The van der Waals surface area contributed by atoms with Gasteiger partial charge in [0.05, 0.1) is 12.3 Å². The summed E-state index contributed by atoms with van der Waals surface area (Å²) in [5.74, 6) is -5.13. The molecule has 1 rings (SSSR count). The highest BCUT2D eigenvalue weighted by Gasteiger charge is 2.34. The molecule has 7 heteroatoms. The molecule has 4 N–H and O–H groups in total. The second-order valence-electron chi connectivity index (χ2n) is 4.16. The molecular weight excluding hydrogens is 266 g/mol. The molecular formula is C13H15NO6. The Morgan fingerprint density at radius 1 is 1.15 bits per heavy atom. The normalized spacial score (nSPS) is 13.2. The summed E-state index contributed by atoms with van der Waals surface area (Å²) in [6.45, 7) is -0.0673. The first kappa shape index (κ1) is 15.6. The predicted octanol–water partition coefficient (Wildman–Crippen LogP) is 0.233. The quantitative estimate of drug-likeness (QED) is 0.610. The summed E-state index contributed by atoms with van der Waals surface area (Å²) in [5.41, 5.74) is 6.02. The minimum absolute atomic E-state index is 0.0673. The van der Waals surface area contributed by atoms with E-state index in [1.807, 2.05) is 0 Å². The summed E-state index contributed by atoms with van der Waals surface area (Å²) in [6.07, 6.45) is -0.693. The van der Waals surface area contributed by atoms with Gasteiger partial charge in [0, 0.05) is 0 Å². The fraction of sp³-hybridized carbons (Fsp3) is 0.308. The molecule has 0 fully saturated rings. The summed E-state index contributed by atoms with van der Waals surface area (Å²) in [4.78, 5) is 33.2. The van der Waals surface area contributed by atoms with E-state index in [9.17, 15) is 14.4 Å². The number of carboxylic acid groups (broad SMARTS) is 2. The summed E-state index contributed by atoms with van der Waals surface area (Å²) in [6, 6.07) is 7.11. The molecule has 108 valence electrons. The van der Waals surface area contributed by atoms with E-state index in [1.54, 1.807) is 30.3 Å². The number of carbonyl (C=O) groups is 3. The van der Waals surface area contributed by atoms with E-state index in [0.717, 1.165) is 0 Å². The summed E-state index contributed by atoms with van der Waals surface area (Å²) >= 11 is 0. The zero-order valence-corrected chi connectivity index (χ0v) is 10.6. The lowest BCUT2D eigenvalue weighted by Gasteiger charge is -2.17. The van der Waals surface area contributed by atoms with Gasteiger partial charge >= 0.3 is 17.9 Å². The number of carboxylic acids is 2. The highest BCUT2D eigenvalue weighted by atomic mass is 16.5. The number of esters is 1. The first-order valence-electron chi connectivity index (χ1n) is 5.82. The van der Waals surface area contributed by atoms with Gasteiger partial charge in [0.25, 0.3) is 0 Å². The van der Waals surface area contributed by atoms with Crippen LogP contribution in [-0.4, -0.2) is 34.2 Å². The number of carbonyl (C=O) groups excluding carboxylic acids is 1. The minimum Gasteiger partial charge on any atom is -0.481 e. The van der Waals surface area contributed by atoms with Gasteiger partial charge in [0.2, 0.25) is 0 Å². The molecule has 0 aromatic heterocycles. The van der Waals surface area contributed by atoms with Gasteiger partial charge in [-0.3, -0.25) is 14.4 Å². The molecule has 0 saturated carbocycles. The van der Waals surface area contributed by atoms with E-state index in [4.69, 9.17) is 20.7 Å². The van der Waals surface area contributed by atoms with Gasteiger partial charge in [-0.15, -0.1) is 0 Å². The van der Waals surface area contributed by atoms with Gasteiger partial charge in [-0.25, -0.2) is 0 Å². The van der Waals surface area contributed by atoms with Gasteiger partial charge in [0.1, 0.15) is 12.6 Å². The Balaban J connectivity index is 2.68. The monoisotopic (exact) mass is 281 g/mol. The fourth-order valence-electron chi connectivity index (χ4n) is 1.55. The third-order valence-electron chi connectivity index (χ3n) is 2.64. The maximum Gasteiger partial charge on any atom is 0.321 e. The van der Waals surface area contributed by atoms with Crippen molar-refractivity contribution in [3.8, 4) is 0 Å². The van der Waals surface area contributed by atoms with Crippen LogP contribution in [0.25, 0.3) is 0 Å². The van der Waals surface area contributed by atoms with E-state index in [2.05, 4.69) is 0 Å². The Morgan fingerprint density at radius 3 is 2.25 bits per heavy atom. The second kappa shape index (κ2) is 7.25. The third kappa shape index (κ3) is 4.69. The zero-order chi connectivity index (χ0) is 15.1. The first-order valence-corrected chi connectivity index (χ1v) is 5.82. The molecule has 0 spiro atoms. The van der Waals surface area contributed by atoms with E-state index in [-0.39, 0.29) is 6.61 Å². The summed E-state index contributed by atoms with van der Waals surface area (Å²) in [7, 11) is 0. The van der Waals surface area contributed by atoms with Crippen molar-refractivity contribution in [2.75, 3.05) is 0 Å². The molecule has 1 aromatic carbocycles.